The molecule has 2 bridgehead atoms. The van der Waals surface area contributed by atoms with Crippen molar-refractivity contribution in [3.8, 4) is 0 Å². The lowest BCUT2D eigenvalue weighted by molar-refractivity contribution is -0.144. The van der Waals surface area contributed by atoms with Gasteiger partial charge in [-0.15, -0.1) is 0 Å². The summed E-state index contributed by atoms with van der Waals surface area (Å²) in [6.45, 7) is 2.77. The summed E-state index contributed by atoms with van der Waals surface area (Å²) in [5.41, 5.74) is -3.99. The zero-order valence-electron chi connectivity index (χ0n) is 16.7. The van der Waals surface area contributed by atoms with Gasteiger partial charge in [0.2, 0.25) is 0 Å². The second-order valence-corrected chi connectivity index (χ2v) is 6.99. The van der Waals surface area contributed by atoms with Gasteiger partial charge in [0.1, 0.15) is 5.60 Å². The van der Waals surface area contributed by atoms with Crippen LogP contribution in [0.3, 0.4) is 0 Å². The van der Waals surface area contributed by atoms with E-state index in [0.717, 1.165) is 28.4 Å². The molecule has 0 spiro atoms. The van der Waals surface area contributed by atoms with Gasteiger partial charge in [-0.05, 0) is 13.8 Å². The molecule has 0 aromatic carbocycles. The lowest BCUT2D eigenvalue weighted by Crippen LogP contribution is -2.57. The Labute approximate surface area is 165 Å². The number of carbonyl (C=O) groups excluding carboxylic acids is 5. The number of Topliss-reactive ketones (excluding diaryl/α,β-unsaturated/α-hetero) is 1. The number of ether oxygens (including phenoxy) is 5. The Bertz CT molecular complexity index is 871. The molecule has 0 aromatic rings. The van der Waals surface area contributed by atoms with E-state index in [1.54, 1.807) is 0 Å². The Balaban J connectivity index is 2.46. The number of hydrogen-bond donors (Lipinski definition) is 0. The molecular weight excluding hydrogens is 389 g/mol. The van der Waals surface area contributed by atoms with E-state index in [9.17, 15) is 24.0 Å². The first-order valence-electron chi connectivity index (χ1n) is 8.61. The summed E-state index contributed by atoms with van der Waals surface area (Å²) in [5, 5.41) is 0. The molecule has 0 unspecified atom stereocenters. The molecule has 3 aliphatic carbocycles. The third kappa shape index (κ3) is 2.29. The number of esters is 4. The summed E-state index contributed by atoms with van der Waals surface area (Å²) in [6.07, 6.45) is 0. The number of rotatable bonds is 5. The third-order valence-electron chi connectivity index (χ3n) is 5.91. The van der Waals surface area contributed by atoms with Crippen LogP contribution in [-0.2, 0) is 47.7 Å². The molecular formula is C19H20O10. The first-order chi connectivity index (χ1) is 13.6. The van der Waals surface area contributed by atoms with Crippen LogP contribution in [0.4, 0.5) is 0 Å². The van der Waals surface area contributed by atoms with E-state index in [2.05, 4.69) is 0 Å². The van der Waals surface area contributed by atoms with Gasteiger partial charge in [0.15, 0.2) is 11.4 Å². The van der Waals surface area contributed by atoms with Crippen LogP contribution in [0.1, 0.15) is 13.8 Å². The first-order valence-corrected chi connectivity index (χ1v) is 8.61. The molecule has 1 aliphatic heterocycles. The van der Waals surface area contributed by atoms with Crippen molar-refractivity contribution < 1.29 is 47.7 Å². The quantitative estimate of drug-likeness (QED) is 0.256. The van der Waals surface area contributed by atoms with Crippen molar-refractivity contribution in [1.82, 2.24) is 0 Å². The van der Waals surface area contributed by atoms with E-state index < -0.39 is 52.7 Å². The fourth-order valence-corrected chi connectivity index (χ4v) is 4.77. The molecule has 10 nitrogen and oxygen atoms in total. The average molecular weight is 409 g/mol. The van der Waals surface area contributed by atoms with Gasteiger partial charge in [-0.1, -0.05) is 0 Å². The van der Waals surface area contributed by atoms with Crippen LogP contribution in [0.2, 0.25) is 0 Å². The van der Waals surface area contributed by atoms with Crippen LogP contribution < -0.4 is 0 Å². The fraction of sp³-hybridized carbons (Fsp3) is 0.526. The van der Waals surface area contributed by atoms with Gasteiger partial charge >= 0.3 is 23.9 Å². The molecule has 0 N–H and O–H groups in total. The summed E-state index contributed by atoms with van der Waals surface area (Å²) in [4.78, 5) is 63.3. The zero-order chi connectivity index (χ0) is 21.9. The van der Waals surface area contributed by atoms with Crippen molar-refractivity contribution in [2.24, 2.45) is 11.8 Å². The number of hydrogen-bond acceptors (Lipinski definition) is 10. The molecule has 156 valence electrons. The van der Waals surface area contributed by atoms with Gasteiger partial charge in [0.05, 0.1) is 62.6 Å². The van der Waals surface area contributed by atoms with Crippen LogP contribution in [0.25, 0.3) is 0 Å². The van der Waals surface area contributed by atoms with Crippen LogP contribution in [0.15, 0.2) is 22.3 Å². The minimum Gasteiger partial charge on any atom is -0.466 e. The fourth-order valence-electron chi connectivity index (χ4n) is 4.77. The predicted molar refractivity (Wildman–Crippen MR) is 92.0 cm³/mol. The highest BCUT2D eigenvalue weighted by Crippen LogP contribution is 2.71. The molecule has 0 saturated carbocycles. The normalized spacial score (nSPS) is 31.7. The molecule has 2 atom stereocenters. The Kier molecular flexibility index (Phi) is 4.65. The Morgan fingerprint density at radius 2 is 1.00 bits per heavy atom. The SMILES string of the molecule is COC(=O)C1=C(C(=O)OC)C2C(C(=O)OC)=C(C(=O)OC)C1[C@@]1(C)O[C@@]21C([13CH3])=O. The standard InChI is InChI=1S/C19H20O10/c1-7(20)19-13-10(16(23)27-5)8(14(21)25-3)12(18(19,2)29-19)9(15(22)26-4)11(13)17(24)28-6/h12-13H,1-6H3/t12?,13?,18-,19+/m1/s1/i1+1. The number of methoxy groups -OCH3 is 4. The van der Waals surface area contributed by atoms with Crippen LogP contribution >= 0.6 is 0 Å². The van der Waals surface area contributed by atoms with Crippen LogP contribution in [-0.4, -0.2) is 69.3 Å². The second-order valence-electron chi connectivity index (χ2n) is 6.99. The van der Waals surface area contributed by atoms with E-state index in [1.165, 1.54) is 13.8 Å². The summed E-state index contributed by atoms with van der Waals surface area (Å²) in [7, 11) is 4.37. The maximum Gasteiger partial charge on any atom is 0.335 e. The minimum absolute atomic E-state index is 0.214. The van der Waals surface area contributed by atoms with Crippen molar-refractivity contribution in [1.29, 1.82) is 0 Å². The van der Waals surface area contributed by atoms with Crippen molar-refractivity contribution in [3.05, 3.63) is 22.3 Å². The average Bonchev–Trinajstić information content (AvgIpc) is 3.39. The smallest absolute Gasteiger partial charge is 0.335 e. The minimum atomic E-state index is -1.64. The number of ketones is 1. The monoisotopic (exact) mass is 409 g/mol. The van der Waals surface area contributed by atoms with Crippen molar-refractivity contribution in [3.63, 3.8) is 0 Å². The summed E-state index contributed by atoms with van der Waals surface area (Å²) < 4.78 is 25.1. The predicted octanol–water partition coefficient (Wildman–Crippen LogP) is -0.352. The molecule has 0 aromatic heterocycles. The van der Waals surface area contributed by atoms with Gasteiger partial charge in [-0.25, -0.2) is 19.2 Å². The van der Waals surface area contributed by atoms with Gasteiger partial charge < -0.3 is 23.7 Å². The van der Waals surface area contributed by atoms with E-state index >= 15 is 0 Å². The summed E-state index contributed by atoms with van der Waals surface area (Å²) in [6, 6.07) is 0. The summed E-state index contributed by atoms with van der Waals surface area (Å²) >= 11 is 0. The van der Waals surface area contributed by atoms with Crippen LogP contribution in [0, 0.1) is 11.8 Å². The highest BCUT2D eigenvalue weighted by molar-refractivity contribution is 6.15. The Hall–Kier alpha value is -3.01. The molecule has 1 fully saturated rings. The van der Waals surface area contributed by atoms with Gasteiger partial charge in [0.25, 0.3) is 0 Å². The van der Waals surface area contributed by atoms with E-state index in [1.807, 2.05) is 0 Å². The Morgan fingerprint density at radius 3 is 1.28 bits per heavy atom. The number of carbonyl (C=O) groups is 5. The van der Waals surface area contributed by atoms with Gasteiger partial charge in [-0.3, -0.25) is 4.79 Å². The maximum absolute atomic E-state index is 12.7. The lowest BCUT2D eigenvalue weighted by Gasteiger charge is -2.43. The second kappa shape index (κ2) is 6.51. The first kappa shape index (κ1) is 20.7. The largest absolute Gasteiger partial charge is 0.466 e. The van der Waals surface area contributed by atoms with Crippen molar-refractivity contribution in [2.75, 3.05) is 28.4 Å². The highest BCUT2D eigenvalue weighted by atomic mass is 16.6. The Morgan fingerprint density at radius 1 is 0.690 bits per heavy atom. The molecule has 29 heavy (non-hydrogen) atoms. The van der Waals surface area contributed by atoms with Crippen molar-refractivity contribution >= 4 is 29.7 Å². The van der Waals surface area contributed by atoms with Gasteiger partial charge in [0, 0.05) is 0 Å². The molecule has 1 heterocycles. The van der Waals surface area contributed by atoms with Crippen LogP contribution in [0.5, 0.6) is 0 Å². The topological polar surface area (TPSA) is 135 Å². The zero-order valence-corrected chi connectivity index (χ0v) is 16.7. The highest BCUT2D eigenvalue weighted by Gasteiger charge is 2.85. The molecule has 4 aliphatic rings. The lowest BCUT2D eigenvalue weighted by atomic mass is 9.54. The molecule has 0 radical (unpaired) electrons. The summed E-state index contributed by atoms with van der Waals surface area (Å²) in [5.74, 6) is -6.91. The number of epoxide rings is 1. The molecule has 10 heteroatoms. The molecule has 1 saturated heterocycles. The maximum atomic E-state index is 12.7. The van der Waals surface area contributed by atoms with Gasteiger partial charge in [-0.2, -0.15) is 0 Å². The third-order valence-corrected chi connectivity index (χ3v) is 5.91. The van der Waals surface area contributed by atoms with Crippen molar-refractivity contribution in [2.45, 2.75) is 25.0 Å². The molecule has 4 rings (SSSR count). The molecule has 0 amide bonds. The van der Waals surface area contributed by atoms with E-state index in [0.29, 0.717) is 0 Å². The van der Waals surface area contributed by atoms with E-state index in [-0.39, 0.29) is 22.3 Å². The van der Waals surface area contributed by atoms with E-state index in [4.69, 9.17) is 23.7 Å².